The average Bonchev–Trinajstić information content (AvgIpc) is 2.60. The Balaban J connectivity index is 3.74. The molecule has 0 aliphatic rings. The van der Waals surface area contributed by atoms with Crippen molar-refractivity contribution < 1.29 is 5.11 Å². The molecule has 0 saturated heterocycles. The van der Waals surface area contributed by atoms with Gasteiger partial charge in [0.1, 0.15) is 0 Å². The van der Waals surface area contributed by atoms with Crippen molar-refractivity contribution in [1.29, 1.82) is 0 Å². The second kappa shape index (κ2) is 21.0. The molecule has 0 fully saturated rings. The zero-order chi connectivity index (χ0) is 17.7. The van der Waals surface area contributed by atoms with Gasteiger partial charge < -0.3 is 5.11 Å². The fourth-order valence-electron chi connectivity index (χ4n) is 3.76. The molecule has 0 bridgehead atoms. The Morgan fingerprint density at radius 3 is 1.17 bits per heavy atom. The Kier molecular flexibility index (Phi) is 21.0. The lowest BCUT2D eigenvalue weighted by atomic mass is 9.89. The molecule has 0 rings (SSSR count). The van der Waals surface area contributed by atoms with Crippen LogP contribution in [0.3, 0.4) is 0 Å². The Morgan fingerprint density at radius 1 is 0.458 bits per heavy atom. The van der Waals surface area contributed by atoms with Gasteiger partial charge in [-0.25, -0.2) is 0 Å². The molecule has 0 unspecified atom stereocenters. The second-order valence-corrected chi connectivity index (χ2v) is 7.91. The van der Waals surface area contributed by atoms with Gasteiger partial charge in [0.15, 0.2) is 0 Å². The molecule has 0 aliphatic carbocycles. The average molecular weight is 341 g/mol. The quantitative estimate of drug-likeness (QED) is 0.222. The molecule has 0 aromatic carbocycles. The van der Waals surface area contributed by atoms with Gasteiger partial charge in [0.05, 0.1) is 0 Å². The first-order valence-corrected chi connectivity index (χ1v) is 11.5. The van der Waals surface area contributed by atoms with E-state index in [-0.39, 0.29) is 0 Å². The van der Waals surface area contributed by atoms with Crippen LogP contribution in [0.4, 0.5) is 0 Å². The number of aliphatic hydroxyl groups excluding tert-OH is 1. The van der Waals surface area contributed by atoms with E-state index in [9.17, 15) is 0 Å². The van der Waals surface area contributed by atoms with Gasteiger partial charge in [-0.1, -0.05) is 129 Å². The minimum Gasteiger partial charge on any atom is -0.396 e. The first-order chi connectivity index (χ1) is 11.8. The minimum absolute atomic E-state index is 0.374. The maximum Gasteiger partial charge on any atom is 0.0431 e. The van der Waals surface area contributed by atoms with Gasteiger partial charge in [-0.05, 0) is 12.3 Å². The van der Waals surface area contributed by atoms with E-state index in [4.69, 9.17) is 5.11 Å². The van der Waals surface area contributed by atoms with Crippen LogP contribution in [0, 0.1) is 5.92 Å². The molecule has 0 spiro atoms. The number of hydrogen-bond acceptors (Lipinski definition) is 1. The van der Waals surface area contributed by atoms with Crippen molar-refractivity contribution in [2.75, 3.05) is 6.61 Å². The summed E-state index contributed by atoms with van der Waals surface area (Å²) in [6, 6.07) is 0. The molecule has 0 heterocycles. The van der Waals surface area contributed by atoms with Gasteiger partial charge in [-0.15, -0.1) is 0 Å². The molecule has 0 aliphatic heterocycles. The normalized spacial score (nSPS) is 11.5. The summed E-state index contributed by atoms with van der Waals surface area (Å²) in [5.74, 6) is 0.983. The van der Waals surface area contributed by atoms with Crippen molar-refractivity contribution in [2.24, 2.45) is 5.92 Å². The lowest BCUT2D eigenvalue weighted by molar-refractivity contribution is 0.280. The van der Waals surface area contributed by atoms with Gasteiger partial charge in [-0.2, -0.15) is 0 Å². The summed E-state index contributed by atoms with van der Waals surface area (Å²) in [5, 5.41) is 8.88. The largest absolute Gasteiger partial charge is 0.396 e. The molecule has 0 radical (unpaired) electrons. The monoisotopic (exact) mass is 340 g/mol. The highest BCUT2D eigenvalue weighted by Gasteiger charge is 2.08. The smallest absolute Gasteiger partial charge is 0.0431 e. The fourth-order valence-corrected chi connectivity index (χ4v) is 3.76. The van der Waals surface area contributed by atoms with Crippen molar-refractivity contribution >= 4 is 0 Å². The van der Waals surface area contributed by atoms with Crippen LogP contribution in [-0.2, 0) is 0 Å². The fraction of sp³-hybridized carbons (Fsp3) is 1.00. The van der Waals surface area contributed by atoms with Gasteiger partial charge in [0.2, 0.25) is 0 Å². The van der Waals surface area contributed by atoms with E-state index in [1.807, 2.05) is 0 Å². The van der Waals surface area contributed by atoms with Crippen molar-refractivity contribution in [2.45, 2.75) is 136 Å². The third-order valence-corrected chi connectivity index (χ3v) is 5.45. The van der Waals surface area contributed by atoms with Crippen LogP contribution in [0.25, 0.3) is 0 Å². The third-order valence-electron chi connectivity index (χ3n) is 5.45. The van der Waals surface area contributed by atoms with Crippen LogP contribution in [-0.4, -0.2) is 11.7 Å². The Hall–Kier alpha value is -0.0400. The van der Waals surface area contributed by atoms with E-state index in [0.717, 1.165) is 12.3 Å². The number of rotatable bonds is 20. The first kappa shape index (κ1) is 24.0. The lowest BCUT2D eigenvalue weighted by Gasteiger charge is -2.17. The zero-order valence-electron chi connectivity index (χ0n) is 17.2. The van der Waals surface area contributed by atoms with Gasteiger partial charge in [0, 0.05) is 6.61 Å². The highest BCUT2D eigenvalue weighted by molar-refractivity contribution is 4.62. The summed E-state index contributed by atoms with van der Waals surface area (Å²) >= 11 is 0. The summed E-state index contributed by atoms with van der Waals surface area (Å²) in [4.78, 5) is 0. The number of aliphatic hydroxyl groups is 1. The predicted octanol–water partition coefficient (Wildman–Crippen LogP) is 8.05. The molecule has 1 heteroatoms. The Morgan fingerprint density at radius 2 is 0.792 bits per heavy atom. The molecule has 24 heavy (non-hydrogen) atoms. The SMILES string of the molecule is CCCCCCCCC(CCCCCCO)CCCCCCCC. The van der Waals surface area contributed by atoms with Crippen LogP contribution < -0.4 is 0 Å². The molecule has 1 nitrogen and oxygen atoms in total. The van der Waals surface area contributed by atoms with Crippen molar-refractivity contribution in [3.05, 3.63) is 0 Å². The third kappa shape index (κ3) is 18.3. The van der Waals surface area contributed by atoms with E-state index in [2.05, 4.69) is 13.8 Å². The van der Waals surface area contributed by atoms with Gasteiger partial charge in [-0.3, -0.25) is 0 Å². The van der Waals surface area contributed by atoms with Crippen LogP contribution in [0.1, 0.15) is 136 Å². The van der Waals surface area contributed by atoms with Crippen LogP contribution in [0.5, 0.6) is 0 Å². The minimum atomic E-state index is 0.374. The highest BCUT2D eigenvalue weighted by Crippen LogP contribution is 2.24. The first-order valence-electron chi connectivity index (χ1n) is 11.5. The summed E-state index contributed by atoms with van der Waals surface area (Å²) < 4.78 is 0. The second-order valence-electron chi connectivity index (χ2n) is 7.91. The molecular weight excluding hydrogens is 292 g/mol. The van der Waals surface area contributed by atoms with Gasteiger partial charge in [0.25, 0.3) is 0 Å². The molecule has 0 saturated carbocycles. The standard InChI is InChI=1S/C23H48O/c1-3-5-7-9-11-15-19-23(21-17-13-14-18-22-24)20-16-12-10-8-6-4-2/h23-24H,3-22H2,1-2H3. The Bertz CT molecular complexity index is 198. The molecular formula is C23H48O. The predicted molar refractivity (Wildman–Crippen MR) is 110 cm³/mol. The zero-order valence-corrected chi connectivity index (χ0v) is 17.2. The van der Waals surface area contributed by atoms with E-state index < -0.39 is 0 Å². The van der Waals surface area contributed by atoms with E-state index in [0.29, 0.717) is 6.61 Å². The number of hydrogen-bond donors (Lipinski definition) is 1. The summed E-state index contributed by atoms with van der Waals surface area (Å²) in [6.07, 6.45) is 26.5. The van der Waals surface area contributed by atoms with Gasteiger partial charge >= 0.3 is 0 Å². The molecule has 0 aromatic heterocycles. The van der Waals surface area contributed by atoms with Crippen molar-refractivity contribution in [3.8, 4) is 0 Å². The van der Waals surface area contributed by atoms with Crippen LogP contribution in [0.15, 0.2) is 0 Å². The molecule has 0 aromatic rings. The van der Waals surface area contributed by atoms with E-state index >= 15 is 0 Å². The van der Waals surface area contributed by atoms with Crippen LogP contribution >= 0.6 is 0 Å². The highest BCUT2D eigenvalue weighted by atomic mass is 16.2. The van der Waals surface area contributed by atoms with E-state index in [1.165, 1.54) is 116 Å². The molecule has 1 N–H and O–H groups in total. The molecule has 146 valence electrons. The Labute approximate surface area is 154 Å². The summed E-state index contributed by atoms with van der Waals surface area (Å²) in [6.45, 7) is 4.97. The topological polar surface area (TPSA) is 20.2 Å². The van der Waals surface area contributed by atoms with E-state index in [1.54, 1.807) is 0 Å². The maximum absolute atomic E-state index is 8.88. The molecule has 0 amide bonds. The molecule has 0 atom stereocenters. The summed E-state index contributed by atoms with van der Waals surface area (Å²) in [5.41, 5.74) is 0. The lowest BCUT2D eigenvalue weighted by Crippen LogP contribution is -2.02. The van der Waals surface area contributed by atoms with Crippen molar-refractivity contribution in [3.63, 3.8) is 0 Å². The number of unbranched alkanes of at least 4 members (excludes halogenated alkanes) is 13. The maximum atomic E-state index is 8.88. The summed E-state index contributed by atoms with van der Waals surface area (Å²) in [7, 11) is 0. The van der Waals surface area contributed by atoms with Crippen molar-refractivity contribution in [1.82, 2.24) is 0 Å². The van der Waals surface area contributed by atoms with Crippen LogP contribution in [0.2, 0.25) is 0 Å².